The number of hydrogen-bond donors (Lipinski definition) is 0. The highest BCUT2D eigenvalue weighted by atomic mass is 15.0. The van der Waals surface area contributed by atoms with Gasteiger partial charge in [-0.05, 0) is 18.6 Å². The highest BCUT2D eigenvalue weighted by Gasteiger charge is 2.14. The standard InChI is InChI=1S/C20H27N5/c1-13(2)18-23-19(14(3)4)25-20(24-18)16-9-8-15(5)17(12-16)22-11-7-10-21-6/h8-14H,7H2,1-6H3. The molecule has 0 bridgehead atoms. The van der Waals surface area contributed by atoms with Crippen LogP contribution in [0.25, 0.3) is 11.4 Å². The summed E-state index contributed by atoms with van der Waals surface area (Å²) in [5.41, 5.74) is 3.02. The van der Waals surface area contributed by atoms with Crippen LogP contribution >= 0.6 is 0 Å². The summed E-state index contributed by atoms with van der Waals surface area (Å²) >= 11 is 0. The van der Waals surface area contributed by atoms with E-state index in [0.717, 1.165) is 34.9 Å². The average Bonchev–Trinajstić information content (AvgIpc) is 2.59. The van der Waals surface area contributed by atoms with E-state index in [4.69, 9.17) is 0 Å². The molecule has 0 radical (unpaired) electrons. The fraction of sp³-hybridized carbons (Fsp3) is 0.450. The largest absolute Gasteiger partial charge is 0.300 e. The molecular formula is C20H27N5. The van der Waals surface area contributed by atoms with E-state index in [1.807, 2.05) is 24.6 Å². The Morgan fingerprint density at radius 2 is 1.60 bits per heavy atom. The van der Waals surface area contributed by atoms with E-state index in [2.05, 4.69) is 65.6 Å². The van der Waals surface area contributed by atoms with E-state index in [0.29, 0.717) is 5.82 Å². The van der Waals surface area contributed by atoms with Crippen molar-refractivity contribution in [2.75, 3.05) is 7.05 Å². The third-order valence-electron chi connectivity index (χ3n) is 3.79. The van der Waals surface area contributed by atoms with Crippen molar-refractivity contribution in [1.82, 2.24) is 15.0 Å². The van der Waals surface area contributed by atoms with Crippen LogP contribution in [0.5, 0.6) is 0 Å². The van der Waals surface area contributed by atoms with E-state index in [-0.39, 0.29) is 11.8 Å². The van der Waals surface area contributed by atoms with Gasteiger partial charge in [0.25, 0.3) is 0 Å². The number of benzene rings is 1. The van der Waals surface area contributed by atoms with Gasteiger partial charge in [0.2, 0.25) is 0 Å². The number of hydrogen-bond acceptors (Lipinski definition) is 5. The van der Waals surface area contributed by atoms with Gasteiger partial charge in [0.1, 0.15) is 11.6 Å². The minimum Gasteiger partial charge on any atom is -0.300 e. The van der Waals surface area contributed by atoms with Crippen molar-refractivity contribution in [2.24, 2.45) is 9.98 Å². The first-order valence-electron chi connectivity index (χ1n) is 8.72. The molecule has 1 heterocycles. The molecule has 0 aliphatic carbocycles. The molecule has 0 saturated heterocycles. The Morgan fingerprint density at radius 1 is 0.960 bits per heavy atom. The van der Waals surface area contributed by atoms with Crippen molar-refractivity contribution in [3.8, 4) is 11.4 Å². The minimum atomic E-state index is 0.260. The first kappa shape index (κ1) is 18.9. The molecule has 0 N–H and O–H groups in total. The van der Waals surface area contributed by atoms with Gasteiger partial charge in [0.15, 0.2) is 5.82 Å². The van der Waals surface area contributed by atoms with Crippen LogP contribution in [0.15, 0.2) is 28.2 Å². The summed E-state index contributed by atoms with van der Waals surface area (Å²) in [6.07, 6.45) is 4.42. The van der Waals surface area contributed by atoms with Crippen LogP contribution in [0, 0.1) is 6.92 Å². The minimum absolute atomic E-state index is 0.260. The van der Waals surface area contributed by atoms with Crippen LogP contribution in [-0.2, 0) is 0 Å². The van der Waals surface area contributed by atoms with E-state index < -0.39 is 0 Å². The molecule has 0 spiro atoms. The smallest absolute Gasteiger partial charge is 0.163 e. The van der Waals surface area contributed by atoms with Crippen LogP contribution in [0.4, 0.5) is 5.69 Å². The fourth-order valence-electron chi connectivity index (χ4n) is 2.25. The van der Waals surface area contributed by atoms with Crippen molar-refractivity contribution < 1.29 is 0 Å². The molecule has 2 rings (SSSR count). The Labute approximate surface area is 150 Å². The van der Waals surface area contributed by atoms with Crippen LogP contribution in [-0.4, -0.2) is 34.4 Å². The lowest BCUT2D eigenvalue weighted by Crippen LogP contribution is -2.08. The molecule has 0 aliphatic heterocycles. The van der Waals surface area contributed by atoms with E-state index in [9.17, 15) is 0 Å². The molecule has 0 unspecified atom stereocenters. The van der Waals surface area contributed by atoms with Crippen molar-refractivity contribution in [1.29, 1.82) is 0 Å². The summed E-state index contributed by atoms with van der Waals surface area (Å²) in [6.45, 7) is 10.5. The van der Waals surface area contributed by atoms with Gasteiger partial charge in [0.05, 0.1) is 5.69 Å². The predicted octanol–water partition coefficient (Wildman–Crippen LogP) is 4.89. The highest BCUT2D eigenvalue weighted by Crippen LogP contribution is 2.27. The summed E-state index contributed by atoms with van der Waals surface area (Å²) in [7, 11) is 1.76. The molecule has 0 amide bonds. The molecule has 5 heteroatoms. The highest BCUT2D eigenvalue weighted by molar-refractivity contribution is 5.81. The lowest BCUT2D eigenvalue weighted by Gasteiger charge is -2.12. The Balaban J connectivity index is 2.45. The van der Waals surface area contributed by atoms with Gasteiger partial charge in [-0.15, -0.1) is 0 Å². The van der Waals surface area contributed by atoms with E-state index >= 15 is 0 Å². The third kappa shape index (κ3) is 5.02. The Bertz CT molecular complexity index is 749. The summed E-state index contributed by atoms with van der Waals surface area (Å²) in [5, 5.41) is 0. The lowest BCUT2D eigenvalue weighted by atomic mass is 10.1. The zero-order chi connectivity index (χ0) is 18.4. The molecule has 0 aliphatic rings. The Kier molecular flexibility index (Phi) is 6.51. The summed E-state index contributed by atoms with van der Waals surface area (Å²) in [6, 6.07) is 6.15. The maximum absolute atomic E-state index is 4.67. The number of nitrogens with zero attached hydrogens (tertiary/aromatic N) is 5. The normalized spacial score (nSPS) is 12.2. The number of aromatic nitrogens is 3. The molecule has 1 aromatic heterocycles. The fourth-order valence-corrected chi connectivity index (χ4v) is 2.25. The Hall–Kier alpha value is -2.43. The van der Waals surface area contributed by atoms with Crippen molar-refractivity contribution in [3.63, 3.8) is 0 Å². The second-order valence-electron chi connectivity index (χ2n) is 6.67. The zero-order valence-corrected chi connectivity index (χ0v) is 16.0. The predicted molar refractivity (Wildman–Crippen MR) is 105 cm³/mol. The number of aliphatic imine (C=N–C) groups is 2. The first-order chi connectivity index (χ1) is 11.9. The van der Waals surface area contributed by atoms with Crippen molar-refractivity contribution in [2.45, 2.75) is 52.9 Å². The van der Waals surface area contributed by atoms with Gasteiger partial charge in [0, 0.05) is 43.3 Å². The Morgan fingerprint density at radius 3 is 2.16 bits per heavy atom. The van der Waals surface area contributed by atoms with Crippen LogP contribution in [0.1, 0.15) is 63.2 Å². The number of rotatable bonds is 6. The number of aryl methyl sites for hydroxylation is 1. The molecule has 5 nitrogen and oxygen atoms in total. The average molecular weight is 337 g/mol. The topological polar surface area (TPSA) is 63.4 Å². The monoisotopic (exact) mass is 337 g/mol. The van der Waals surface area contributed by atoms with Gasteiger partial charge in [-0.2, -0.15) is 0 Å². The lowest BCUT2D eigenvalue weighted by molar-refractivity contribution is 0.697. The summed E-state index contributed by atoms with van der Waals surface area (Å²) < 4.78 is 0. The molecule has 0 saturated carbocycles. The molecule has 132 valence electrons. The quantitative estimate of drug-likeness (QED) is 0.705. The third-order valence-corrected chi connectivity index (χ3v) is 3.79. The maximum Gasteiger partial charge on any atom is 0.163 e. The van der Waals surface area contributed by atoms with Crippen molar-refractivity contribution >= 4 is 18.1 Å². The van der Waals surface area contributed by atoms with Crippen LogP contribution < -0.4 is 0 Å². The van der Waals surface area contributed by atoms with Crippen LogP contribution in [0.3, 0.4) is 0 Å². The van der Waals surface area contributed by atoms with Crippen molar-refractivity contribution in [3.05, 3.63) is 35.4 Å². The summed E-state index contributed by atoms with van der Waals surface area (Å²) in [5.74, 6) is 2.90. The summed E-state index contributed by atoms with van der Waals surface area (Å²) in [4.78, 5) is 22.5. The molecule has 0 fully saturated rings. The van der Waals surface area contributed by atoms with Gasteiger partial charge < -0.3 is 4.99 Å². The van der Waals surface area contributed by atoms with Gasteiger partial charge >= 0.3 is 0 Å². The van der Waals surface area contributed by atoms with Gasteiger partial charge in [-0.25, -0.2) is 15.0 Å². The molecule has 0 atom stereocenters. The second-order valence-corrected chi connectivity index (χ2v) is 6.67. The van der Waals surface area contributed by atoms with Gasteiger partial charge in [-0.1, -0.05) is 39.8 Å². The SMILES string of the molecule is CN=CCC=Nc1cc(-c2nc(C(C)C)nc(C(C)C)n2)ccc1C. The maximum atomic E-state index is 4.67. The van der Waals surface area contributed by atoms with Gasteiger partial charge in [-0.3, -0.25) is 4.99 Å². The first-order valence-corrected chi connectivity index (χ1v) is 8.72. The molecule has 25 heavy (non-hydrogen) atoms. The molecular weight excluding hydrogens is 310 g/mol. The molecule has 1 aromatic carbocycles. The van der Waals surface area contributed by atoms with E-state index in [1.165, 1.54) is 0 Å². The second kappa shape index (κ2) is 8.60. The molecule has 2 aromatic rings. The zero-order valence-electron chi connectivity index (χ0n) is 16.0. The van der Waals surface area contributed by atoms with E-state index in [1.54, 1.807) is 7.05 Å². The van der Waals surface area contributed by atoms with Crippen LogP contribution in [0.2, 0.25) is 0 Å².